The first-order valence-electron chi connectivity index (χ1n) is 9.77. The van der Waals surface area contributed by atoms with E-state index in [2.05, 4.69) is 20.9 Å². The van der Waals surface area contributed by atoms with E-state index in [1.54, 1.807) is 30.3 Å². The summed E-state index contributed by atoms with van der Waals surface area (Å²) in [5, 5.41) is 0. The summed E-state index contributed by atoms with van der Waals surface area (Å²) in [6.07, 6.45) is 1.63. The molecule has 1 aliphatic heterocycles. The molecule has 0 amide bonds. The monoisotopic (exact) mass is 495 g/mol. The minimum absolute atomic E-state index is 0.189. The van der Waals surface area contributed by atoms with Crippen LogP contribution in [-0.4, -0.2) is 19.0 Å². The number of cyclic esters (lactones) is 1. The third kappa shape index (κ3) is 4.89. The van der Waals surface area contributed by atoms with Gasteiger partial charge in [0.1, 0.15) is 12.4 Å². The first kappa shape index (κ1) is 21.8. The summed E-state index contributed by atoms with van der Waals surface area (Å²) < 4.78 is 30.4. The number of benzene rings is 3. The lowest BCUT2D eigenvalue weighted by Gasteiger charge is -2.13. The third-order valence-electron chi connectivity index (χ3n) is 4.77. The van der Waals surface area contributed by atoms with Crippen molar-refractivity contribution in [2.75, 3.05) is 7.11 Å². The quantitative estimate of drug-likeness (QED) is 0.319. The Labute approximate surface area is 193 Å². The number of rotatable bonds is 6. The van der Waals surface area contributed by atoms with Gasteiger partial charge in [-0.1, -0.05) is 29.8 Å². The number of hydrogen-bond donors (Lipinski definition) is 0. The van der Waals surface area contributed by atoms with Gasteiger partial charge in [0.25, 0.3) is 0 Å². The topological polar surface area (TPSA) is 57.1 Å². The second-order valence-electron chi connectivity index (χ2n) is 7.15. The summed E-state index contributed by atoms with van der Waals surface area (Å²) in [7, 11) is 1.53. The molecule has 0 aromatic heterocycles. The van der Waals surface area contributed by atoms with Crippen molar-refractivity contribution >= 4 is 33.9 Å². The number of halogens is 2. The minimum Gasteiger partial charge on any atom is -0.493 e. The molecule has 0 bridgehead atoms. The van der Waals surface area contributed by atoms with Gasteiger partial charge in [-0.25, -0.2) is 14.2 Å². The predicted molar refractivity (Wildman–Crippen MR) is 123 cm³/mol. The molecule has 162 valence electrons. The summed E-state index contributed by atoms with van der Waals surface area (Å²) in [4.78, 5) is 16.7. The second-order valence-corrected chi connectivity index (χ2v) is 8.01. The lowest BCUT2D eigenvalue weighted by molar-refractivity contribution is -0.129. The number of carbonyl (C=O) groups excluding carboxylic acids is 1. The van der Waals surface area contributed by atoms with Gasteiger partial charge in [0.2, 0.25) is 5.90 Å². The van der Waals surface area contributed by atoms with Crippen LogP contribution in [-0.2, 0) is 16.1 Å². The van der Waals surface area contributed by atoms with E-state index in [-0.39, 0.29) is 24.0 Å². The van der Waals surface area contributed by atoms with Crippen LogP contribution in [0.1, 0.15) is 22.3 Å². The van der Waals surface area contributed by atoms with Crippen LogP contribution in [0.3, 0.4) is 0 Å². The van der Waals surface area contributed by atoms with Crippen molar-refractivity contribution in [2.45, 2.75) is 13.5 Å². The van der Waals surface area contributed by atoms with Crippen LogP contribution in [0.5, 0.6) is 11.5 Å². The normalized spacial score (nSPS) is 14.3. The molecule has 32 heavy (non-hydrogen) atoms. The largest absolute Gasteiger partial charge is 0.493 e. The van der Waals surface area contributed by atoms with Gasteiger partial charge in [0.15, 0.2) is 17.2 Å². The predicted octanol–water partition coefficient (Wildman–Crippen LogP) is 5.83. The molecule has 3 aromatic rings. The molecule has 0 atom stereocenters. The SMILES string of the molecule is COc1cc(/C=C2\N=C(c3ccc(C)cc3)OC2=O)cc(Br)c1OCc1ccc(F)cc1. The number of hydrogen-bond acceptors (Lipinski definition) is 5. The highest BCUT2D eigenvalue weighted by Crippen LogP contribution is 2.38. The average molecular weight is 496 g/mol. The molecular weight excluding hydrogens is 477 g/mol. The molecule has 0 unspecified atom stereocenters. The van der Waals surface area contributed by atoms with Crippen LogP contribution >= 0.6 is 15.9 Å². The number of carbonyl (C=O) groups is 1. The average Bonchev–Trinajstić information content (AvgIpc) is 3.14. The van der Waals surface area contributed by atoms with Crippen LogP contribution in [0.2, 0.25) is 0 Å². The van der Waals surface area contributed by atoms with Crippen molar-refractivity contribution in [3.05, 3.63) is 98.9 Å². The summed E-state index contributed by atoms with van der Waals surface area (Å²) in [5.41, 5.74) is 3.53. The van der Waals surface area contributed by atoms with E-state index in [4.69, 9.17) is 14.2 Å². The summed E-state index contributed by atoms with van der Waals surface area (Å²) in [5.74, 6) is 0.418. The Kier molecular flexibility index (Phi) is 6.37. The maximum Gasteiger partial charge on any atom is 0.363 e. The van der Waals surface area contributed by atoms with Gasteiger partial charge in [0, 0.05) is 5.56 Å². The fourth-order valence-corrected chi connectivity index (χ4v) is 3.66. The number of aryl methyl sites for hydroxylation is 1. The molecular formula is C25H19BrFNO4. The molecule has 3 aromatic carbocycles. The molecule has 0 saturated carbocycles. The van der Waals surface area contributed by atoms with E-state index in [0.717, 1.165) is 16.7 Å². The Morgan fingerprint density at radius 1 is 1.09 bits per heavy atom. The zero-order valence-corrected chi connectivity index (χ0v) is 19.0. The lowest BCUT2D eigenvalue weighted by Crippen LogP contribution is -2.05. The van der Waals surface area contributed by atoms with Crippen molar-refractivity contribution in [1.29, 1.82) is 0 Å². The fourth-order valence-electron chi connectivity index (χ4n) is 3.09. The van der Waals surface area contributed by atoms with Crippen molar-refractivity contribution in [1.82, 2.24) is 0 Å². The Bertz CT molecular complexity index is 1220. The third-order valence-corrected chi connectivity index (χ3v) is 5.36. The van der Waals surface area contributed by atoms with Gasteiger partial charge in [-0.2, -0.15) is 0 Å². The van der Waals surface area contributed by atoms with E-state index in [1.165, 1.54) is 19.2 Å². The maximum atomic E-state index is 13.1. The molecule has 0 fully saturated rings. The van der Waals surface area contributed by atoms with Crippen molar-refractivity contribution in [3.63, 3.8) is 0 Å². The van der Waals surface area contributed by atoms with Crippen LogP contribution < -0.4 is 9.47 Å². The van der Waals surface area contributed by atoms with E-state index in [9.17, 15) is 9.18 Å². The summed E-state index contributed by atoms with van der Waals surface area (Å²) in [6.45, 7) is 2.22. The number of esters is 1. The van der Waals surface area contributed by atoms with Crippen LogP contribution in [0.15, 0.2) is 75.8 Å². The number of nitrogens with zero attached hydrogens (tertiary/aromatic N) is 1. The molecule has 0 spiro atoms. The zero-order valence-electron chi connectivity index (χ0n) is 17.4. The molecule has 1 heterocycles. The summed E-state index contributed by atoms with van der Waals surface area (Å²) >= 11 is 3.50. The van der Waals surface area contributed by atoms with Crippen molar-refractivity contribution in [2.24, 2.45) is 4.99 Å². The van der Waals surface area contributed by atoms with Crippen molar-refractivity contribution in [3.8, 4) is 11.5 Å². The fraction of sp³-hybridized carbons (Fsp3) is 0.120. The number of aliphatic imine (C=N–C) groups is 1. The first-order valence-corrected chi connectivity index (χ1v) is 10.6. The van der Waals surface area contributed by atoms with E-state index >= 15 is 0 Å². The van der Waals surface area contributed by atoms with Gasteiger partial charge in [0.05, 0.1) is 11.6 Å². The standard InChI is InChI=1S/C25H19BrFNO4/c1-15-3-7-18(8-4-15)24-28-21(25(29)32-24)12-17-11-20(26)23(22(13-17)30-2)31-14-16-5-9-19(27)10-6-16/h3-13H,14H2,1-2H3/b21-12-. The molecule has 5 nitrogen and oxygen atoms in total. The second kappa shape index (κ2) is 9.36. The molecule has 4 rings (SSSR count). The van der Waals surface area contributed by atoms with Gasteiger partial charge in [-0.15, -0.1) is 0 Å². The lowest BCUT2D eigenvalue weighted by atomic mass is 10.1. The molecule has 7 heteroatoms. The van der Waals surface area contributed by atoms with Gasteiger partial charge in [-0.3, -0.25) is 0 Å². The van der Waals surface area contributed by atoms with Crippen LogP contribution in [0.25, 0.3) is 6.08 Å². The van der Waals surface area contributed by atoms with E-state index in [1.807, 2.05) is 31.2 Å². The Balaban J connectivity index is 1.58. The molecule has 0 N–H and O–H groups in total. The van der Waals surface area contributed by atoms with E-state index in [0.29, 0.717) is 21.5 Å². The van der Waals surface area contributed by atoms with Crippen LogP contribution in [0.4, 0.5) is 4.39 Å². The zero-order chi connectivity index (χ0) is 22.7. The Hall–Kier alpha value is -3.45. The highest BCUT2D eigenvalue weighted by molar-refractivity contribution is 9.10. The smallest absolute Gasteiger partial charge is 0.363 e. The highest BCUT2D eigenvalue weighted by Gasteiger charge is 2.24. The Morgan fingerprint density at radius 2 is 1.81 bits per heavy atom. The van der Waals surface area contributed by atoms with Gasteiger partial charge >= 0.3 is 5.97 Å². The molecule has 1 aliphatic rings. The highest BCUT2D eigenvalue weighted by atomic mass is 79.9. The maximum absolute atomic E-state index is 13.1. The summed E-state index contributed by atoms with van der Waals surface area (Å²) in [6, 6.07) is 17.2. The molecule has 0 radical (unpaired) electrons. The molecule has 0 aliphatic carbocycles. The van der Waals surface area contributed by atoms with Gasteiger partial charge < -0.3 is 14.2 Å². The number of ether oxygens (including phenoxy) is 3. The molecule has 0 saturated heterocycles. The first-order chi connectivity index (χ1) is 15.4. The Morgan fingerprint density at radius 3 is 2.50 bits per heavy atom. The van der Waals surface area contributed by atoms with Crippen molar-refractivity contribution < 1.29 is 23.4 Å². The number of methoxy groups -OCH3 is 1. The minimum atomic E-state index is -0.521. The van der Waals surface area contributed by atoms with Crippen LogP contribution in [0, 0.1) is 12.7 Å². The van der Waals surface area contributed by atoms with Gasteiger partial charge in [-0.05, 0) is 76.5 Å². The van der Waals surface area contributed by atoms with E-state index < -0.39 is 5.97 Å².